The van der Waals surface area contributed by atoms with Crippen molar-refractivity contribution in [3.63, 3.8) is 0 Å². The van der Waals surface area contributed by atoms with Crippen LogP contribution in [-0.4, -0.2) is 78.6 Å². The number of β-amino-alcohol motifs (C(OH)–C–C–N with tert-alkyl or cyclic N) is 2. The molecular weight excluding hydrogens is 304 g/mol. The average Bonchev–Trinajstić information content (AvgIpc) is 2.62. The molecule has 0 radical (unpaired) electrons. The molecule has 24 heavy (non-hydrogen) atoms. The molecule has 1 aliphatic carbocycles. The molecule has 1 aromatic rings. The Labute approximate surface area is 144 Å². The molecule has 1 aromatic carbocycles. The molecule has 0 amide bonds. The van der Waals surface area contributed by atoms with Crippen molar-refractivity contribution in [2.75, 3.05) is 52.5 Å². The summed E-state index contributed by atoms with van der Waals surface area (Å²) in [4.78, 5) is 4.55. The van der Waals surface area contributed by atoms with Crippen molar-refractivity contribution >= 4 is 0 Å². The van der Waals surface area contributed by atoms with E-state index < -0.39 is 6.10 Å². The zero-order chi connectivity index (χ0) is 16.8. The van der Waals surface area contributed by atoms with Gasteiger partial charge in [-0.1, -0.05) is 24.3 Å². The van der Waals surface area contributed by atoms with Crippen LogP contribution in [0.4, 0.5) is 0 Å². The summed E-state index contributed by atoms with van der Waals surface area (Å²) < 4.78 is 6.05. The lowest BCUT2D eigenvalue weighted by Gasteiger charge is -2.35. The second-order valence-corrected chi connectivity index (χ2v) is 6.93. The Hall–Kier alpha value is -0.980. The van der Waals surface area contributed by atoms with Crippen LogP contribution in [0.3, 0.4) is 0 Å². The van der Waals surface area contributed by atoms with Gasteiger partial charge in [-0.2, -0.15) is 0 Å². The summed E-state index contributed by atoms with van der Waals surface area (Å²) in [5.41, 5.74) is 2.69. The second kappa shape index (κ2) is 8.92. The zero-order valence-corrected chi connectivity index (χ0v) is 14.4. The van der Waals surface area contributed by atoms with Gasteiger partial charge in [0.05, 0.1) is 25.4 Å². The van der Waals surface area contributed by atoms with Crippen molar-refractivity contribution in [1.82, 2.24) is 9.80 Å². The van der Waals surface area contributed by atoms with E-state index >= 15 is 0 Å². The van der Waals surface area contributed by atoms with E-state index in [0.29, 0.717) is 13.2 Å². The highest BCUT2D eigenvalue weighted by Crippen LogP contribution is 2.32. The van der Waals surface area contributed by atoms with Gasteiger partial charge in [0.15, 0.2) is 0 Å². The summed E-state index contributed by atoms with van der Waals surface area (Å²) in [6.07, 6.45) is 3.03. The van der Waals surface area contributed by atoms with E-state index in [1.165, 1.54) is 11.1 Å². The van der Waals surface area contributed by atoms with E-state index in [1.807, 2.05) is 0 Å². The van der Waals surface area contributed by atoms with Gasteiger partial charge in [0.2, 0.25) is 0 Å². The third-order valence-electron chi connectivity index (χ3n) is 5.15. The van der Waals surface area contributed by atoms with Crippen molar-refractivity contribution in [3.05, 3.63) is 35.4 Å². The van der Waals surface area contributed by atoms with Crippen molar-refractivity contribution < 1.29 is 14.9 Å². The summed E-state index contributed by atoms with van der Waals surface area (Å²) in [7, 11) is 0. The second-order valence-electron chi connectivity index (χ2n) is 6.93. The van der Waals surface area contributed by atoms with Gasteiger partial charge in [0.25, 0.3) is 0 Å². The molecule has 2 atom stereocenters. The van der Waals surface area contributed by atoms with Gasteiger partial charge in [0, 0.05) is 39.3 Å². The highest BCUT2D eigenvalue weighted by molar-refractivity contribution is 5.31. The van der Waals surface area contributed by atoms with Crippen LogP contribution in [-0.2, 0) is 11.2 Å². The fraction of sp³-hybridized carbons (Fsp3) is 0.684. The van der Waals surface area contributed by atoms with Gasteiger partial charge in [-0.3, -0.25) is 9.80 Å². The largest absolute Gasteiger partial charge is 0.395 e. The molecule has 2 aliphatic rings. The van der Waals surface area contributed by atoms with Crippen molar-refractivity contribution in [2.45, 2.75) is 31.5 Å². The maximum atomic E-state index is 10.3. The van der Waals surface area contributed by atoms with Crippen LogP contribution in [0.5, 0.6) is 0 Å². The Balaban J connectivity index is 1.41. The van der Waals surface area contributed by atoms with Crippen LogP contribution < -0.4 is 0 Å². The molecule has 0 aromatic heterocycles. The number of aryl methyl sites for hydroxylation is 1. The van der Waals surface area contributed by atoms with Crippen molar-refractivity contribution in [1.29, 1.82) is 0 Å². The predicted octanol–water partition coefficient (Wildman–Crippen LogP) is 1.05. The monoisotopic (exact) mass is 334 g/mol. The van der Waals surface area contributed by atoms with E-state index in [-0.39, 0.29) is 12.7 Å². The molecule has 2 unspecified atom stereocenters. The van der Waals surface area contributed by atoms with E-state index in [2.05, 4.69) is 34.1 Å². The molecule has 3 rings (SSSR count). The quantitative estimate of drug-likeness (QED) is 0.781. The Kier molecular flexibility index (Phi) is 6.63. The van der Waals surface area contributed by atoms with Crippen LogP contribution in [0.2, 0.25) is 0 Å². The highest BCUT2D eigenvalue weighted by atomic mass is 16.5. The zero-order valence-electron chi connectivity index (χ0n) is 14.4. The number of aliphatic hydroxyl groups excluding tert-OH is 2. The molecule has 1 fully saturated rings. The van der Waals surface area contributed by atoms with E-state index in [9.17, 15) is 5.11 Å². The van der Waals surface area contributed by atoms with Crippen LogP contribution >= 0.6 is 0 Å². The summed E-state index contributed by atoms with van der Waals surface area (Å²) >= 11 is 0. The summed E-state index contributed by atoms with van der Waals surface area (Å²) in [6.45, 7) is 5.86. The predicted molar refractivity (Wildman–Crippen MR) is 94.0 cm³/mol. The first-order valence-electron chi connectivity index (χ1n) is 9.19. The minimum atomic E-state index is -0.441. The van der Waals surface area contributed by atoms with Gasteiger partial charge in [0.1, 0.15) is 0 Å². The van der Waals surface area contributed by atoms with E-state index in [1.54, 1.807) is 0 Å². The molecule has 0 saturated carbocycles. The van der Waals surface area contributed by atoms with Crippen LogP contribution in [0.25, 0.3) is 0 Å². The number of hydrogen-bond donors (Lipinski definition) is 2. The third-order valence-corrected chi connectivity index (χ3v) is 5.15. The Bertz CT molecular complexity index is 503. The van der Waals surface area contributed by atoms with Crippen LogP contribution in [0.15, 0.2) is 24.3 Å². The highest BCUT2D eigenvalue weighted by Gasteiger charge is 2.23. The van der Waals surface area contributed by atoms with E-state index in [0.717, 1.165) is 52.0 Å². The Morgan fingerprint density at radius 3 is 2.67 bits per heavy atom. The fourth-order valence-electron chi connectivity index (χ4n) is 3.80. The molecule has 0 spiro atoms. The first kappa shape index (κ1) is 17.8. The number of benzene rings is 1. The lowest BCUT2D eigenvalue weighted by molar-refractivity contribution is -0.0325. The lowest BCUT2D eigenvalue weighted by atomic mass is 9.89. The number of hydrogen-bond acceptors (Lipinski definition) is 5. The molecule has 1 heterocycles. The van der Waals surface area contributed by atoms with Gasteiger partial charge in [-0.15, -0.1) is 0 Å². The van der Waals surface area contributed by atoms with Gasteiger partial charge < -0.3 is 14.9 Å². The molecule has 1 aliphatic heterocycles. The molecule has 2 N–H and O–H groups in total. The standard InChI is InChI=1S/C19H30N2O3/c22-13-12-20-8-10-21(11-9-20)14-17(23)15-24-19-7-3-5-16-4-1-2-6-18(16)19/h1-2,4,6,17,19,22-23H,3,5,7-15H2. The van der Waals surface area contributed by atoms with Crippen molar-refractivity contribution in [2.24, 2.45) is 0 Å². The average molecular weight is 334 g/mol. The SMILES string of the molecule is OCCN1CCN(CC(O)COC2CCCc3ccccc32)CC1. The Morgan fingerprint density at radius 2 is 1.88 bits per heavy atom. The number of aliphatic hydroxyl groups is 2. The molecular formula is C19H30N2O3. The first-order chi connectivity index (χ1) is 11.8. The number of nitrogens with zero attached hydrogens (tertiary/aromatic N) is 2. The maximum Gasteiger partial charge on any atom is 0.0900 e. The van der Waals surface area contributed by atoms with Crippen LogP contribution in [0, 0.1) is 0 Å². The molecule has 1 saturated heterocycles. The van der Waals surface area contributed by atoms with E-state index in [4.69, 9.17) is 9.84 Å². The maximum absolute atomic E-state index is 10.3. The minimum absolute atomic E-state index is 0.131. The summed E-state index contributed by atoms with van der Waals surface area (Å²) in [5, 5.41) is 19.3. The fourth-order valence-corrected chi connectivity index (χ4v) is 3.80. The Morgan fingerprint density at radius 1 is 1.12 bits per heavy atom. The van der Waals surface area contributed by atoms with Crippen LogP contribution in [0.1, 0.15) is 30.1 Å². The first-order valence-corrected chi connectivity index (χ1v) is 9.19. The summed E-state index contributed by atoms with van der Waals surface area (Å²) in [6, 6.07) is 8.51. The number of fused-ring (bicyclic) bond motifs is 1. The molecule has 0 bridgehead atoms. The normalized spacial score (nSPS) is 23.8. The van der Waals surface area contributed by atoms with Gasteiger partial charge in [-0.05, 0) is 30.4 Å². The third kappa shape index (κ3) is 4.77. The number of piperazine rings is 1. The van der Waals surface area contributed by atoms with Gasteiger partial charge >= 0.3 is 0 Å². The minimum Gasteiger partial charge on any atom is -0.395 e. The van der Waals surface area contributed by atoms with Crippen molar-refractivity contribution in [3.8, 4) is 0 Å². The smallest absolute Gasteiger partial charge is 0.0900 e. The summed E-state index contributed by atoms with van der Waals surface area (Å²) in [5.74, 6) is 0. The van der Waals surface area contributed by atoms with Gasteiger partial charge in [-0.25, -0.2) is 0 Å². The molecule has 134 valence electrons. The molecule has 5 heteroatoms. The topological polar surface area (TPSA) is 56.2 Å². The molecule has 5 nitrogen and oxygen atoms in total. The number of ether oxygens (including phenoxy) is 1. The number of rotatable bonds is 7. The lowest BCUT2D eigenvalue weighted by Crippen LogP contribution is -2.49.